The van der Waals surface area contributed by atoms with Gasteiger partial charge in [0.25, 0.3) is 0 Å². The summed E-state index contributed by atoms with van der Waals surface area (Å²) in [4.78, 5) is 13.5. The predicted octanol–water partition coefficient (Wildman–Crippen LogP) is 2.06. The van der Waals surface area contributed by atoms with Crippen molar-refractivity contribution in [1.29, 1.82) is 0 Å². The molecule has 0 aromatic carbocycles. The van der Waals surface area contributed by atoms with E-state index in [0.29, 0.717) is 12.5 Å². The van der Waals surface area contributed by atoms with Gasteiger partial charge in [-0.15, -0.1) is 0 Å². The highest BCUT2D eigenvalue weighted by Crippen LogP contribution is 2.23. The zero-order chi connectivity index (χ0) is 11.3. The zero-order valence-corrected chi connectivity index (χ0v) is 10.2. The molecule has 0 unspecified atom stereocenters. The number of esters is 1. The first kappa shape index (κ1) is 12.5. The van der Waals surface area contributed by atoms with Crippen LogP contribution in [0.25, 0.3) is 0 Å². The van der Waals surface area contributed by atoms with Gasteiger partial charge in [-0.25, -0.2) is 0 Å². The van der Waals surface area contributed by atoms with Gasteiger partial charge in [-0.2, -0.15) is 0 Å². The van der Waals surface area contributed by atoms with Gasteiger partial charge < -0.3 is 9.64 Å². The van der Waals surface area contributed by atoms with E-state index in [1.165, 1.54) is 33.0 Å². The van der Waals surface area contributed by atoms with Crippen molar-refractivity contribution < 1.29 is 9.53 Å². The number of carbonyl (C=O) groups is 1. The number of carbonyl (C=O) groups excluding carboxylic acids is 1. The first-order valence-electron chi connectivity index (χ1n) is 5.94. The van der Waals surface area contributed by atoms with E-state index in [9.17, 15) is 4.79 Å². The quantitative estimate of drug-likeness (QED) is 0.669. The summed E-state index contributed by atoms with van der Waals surface area (Å²) in [5.41, 5.74) is 0. The Kier molecular flexibility index (Phi) is 5.09. The van der Waals surface area contributed by atoms with E-state index in [4.69, 9.17) is 0 Å². The second kappa shape index (κ2) is 6.11. The molecule has 3 nitrogen and oxygen atoms in total. The summed E-state index contributed by atoms with van der Waals surface area (Å²) in [5, 5.41) is 0. The van der Waals surface area contributed by atoms with Crippen LogP contribution in [0.15, 0.2) is 0 Å². The molecular weight excluding hydrogens is 190 g/mol. The van der Waals surface area contributed by atoms with Crippen LogP contribution in [0, 0.1) is 5.92 Å². The van der Waals surface area contributed by atoms with Crippen molar-refractivity contribution in [2.24, 2.45) is 5.92 Å². The Hall–Kier alpha value is -0.570. The second-order valence-corrected chi connectivity index (χ2v) is 4.69. The van der Waals surface area contributed by atoms with Crippen LogP contribution < -0.4 is 0 Å². The molecule has 1 aliphatic heterocycles. The van der Waals surface area contributed by atoms with Gasteiger partial charge >= 0.3 is 5.97 Å². The third-order valence-corrected chi connectivity index (χ3v) is 3.36. The molecule has 1 heterocycles. The molecule has 1 aliphatic rings. The van der Waals surface area contributed by atoms with Gasteiger partial charge in [0, 0.05) is 12.5 Å². The second-order valence-electron chi connectivity index (χ2n) is 4.69. The number of hydrogen-bond acceptors (Lipinski definition) is 3. The van der Waals surface area contributed by atoms with Crippen molar-refractivity contribution in [3.8, 4) is 0 Å². The highest BCUT2D eigenvalue weighted by atomic mass is 16.5. The largest absolute Gasteiger partial charge is 0.469 e. The maximum Gasteiger partial charge on any atom is 0.305 e. The van der Waals surface area contributed by atoms with E-state index < -0.39 is 0 Å². The monoisotopic (exact) mass is 213 g/mol. The SMILES string of the molecule is COC(=O)CCC1CCN(C(C)C)CC1. The first-order valence-corrected chi connectivity index (χ1v) is 5.94. The Bertz CT molecular complexity index is 196. The van der Waals surface area contributed by atoms with Crippen molar-refractivity contribution >= 4 is 5.97 Å². The first-order chi connectivity index (χ1) is 7.13. The Labute approximate surface area is 92.8 Å². The summed E-state index contributed by atoms with van der Waals surface area (Å²) in [7, 11) is 1.46. The highest BCUT2D eigenvalue weighted by Gasteiger charge is 2.21. The molecule has 0 N–H and O–H groups in total. The third kappa shape index (κ3) is 4.20. The summed E-state index contributed by atoms with van der Waals surface area (Å²) in [5.74, 6) is 0.653. The van der Waals surface area contributed by atoms with Crippen molar-refractivity contribution in [1.82, 2.24) is 4.90 Å². The highest BCUT2D eigenvalue weighted by molar-refractivity contribution is 5.69. The molecule has 0 radical (unpaired) electrons. The van der Waals surface area contributed by atoms with Crippen molar-refractivity contribution in [3.63, 3.8) is 0 Å². The molecule has 0 saturated carbocycles. The molecule has 88 valence electrons. The van der Waals surface area contributed by atoms with E-state index >= 15 is 0 Å². The lowest BCUT2D eigenvalue weighted by atomic mass is 9.92. The number of likely N-dealkylation sites (tertiary alicyclic amines) is 1. The topological polar surface area (TPSA) is 29.5 Å². The number of methoxy groups -OCH3 is 1. The summed E-state index contributed by atoms with van der Waals surface area (Å²) >= 11 is 0. The van der Waals surface area contributed by atoms with Crippen LogP contribution in [0.1, 0.15) is 39.5 Å². The maximum atomic E-state index is 11.0. The molecule has 15 heavy (non-hydrogen) atoms. The standard InChI is InChI=1S/C12H23NO2/c1-10(2)13-8-6-11(7-9-13)4-5-12(14)15-3/h10-11H,4-9H2,1-3H3. The fourth-order valence-electron chi connectivity index (χ4n) is 2.18. The lowest BCUT2D eigenvalue weighted by Crippen LogP contribution is -2.38. The molecule has 0 aromatic heterocycles. The molecular formula is C12H23NO2. The third-order valence-electron chi connectivity index (χ3n) is 3.36. The fraction of sp³-hybridized carbons (Fsp3) is 0.917. The van der Waals surface area contributed by atoms with Gasteiger partial charge in [0.05, 0.1) is 7.11 Å². The van der Waals surface area contributed by atoms with E-state index in [-0.39, 0.29) is 5.97 Å². The van der Waals surface area contributed by atoms with Crippen LogP contribution >= 0.6 is 0 Å². The van der Waals surface area contributed by atoms with Crippen LogP contribution in [0.2, 0.25) is 0 Å². The number of ether oxygens (including phenoxy) is 1. The van der Waals surface area contributed by atoms with Crippen LogP contribution in [0.5, 0.6) is 0 Å². The van der Waals surface area contributed by atoms with E-state index in [1.807, 2.05) is 0 Å². The van der Waals surface area contributed by atoms with Crippen molar-refractivity contribution in [2.75, 3.05) is 20.2 Å². The van der Waals surface area contributed by atoms with E-state index in [1.54, 1.807) is 0 Å². The van der Waals surface area contributed by atoms with Gasteiger partial charge in [0.15, 0.2) is 0 Å². The Morgan fingerprint density at radius 1 is 1.40 bits per heavy atom. The summed E-state index contributed by atoms with van der Waals surface area (Å²) < 4.78 is 4.65. The summed E-state index contributed by atoms with van der Waals surface area (Å²) in [6.07, 6.45) is 4.05. The number of rotatable bonds is 4. The van der Waals surface area contributed by atoms with Gasteiger partial charge in [-0.1, -0.05) is 0 Å². The van der Waals surface area contributed by atoms with Crippen LogP contribution in [0.4, 0.5) is 0 Å². The maximum absolute atomic E-state index is 11.0. The lowest BCUT2D eigenvalue weighted by Gasteiger charge is -2.34. The van der Waals surface area contributed by atoms with E-state index in [2.05, 4.69) is 23.5 Å². The lowest BCUT2D eigenvalue weighted by molar-refractivity contribution is -0.141. The molecule has 0 bridgehead atoms. The van der Waals surface area contributed by atoms with Gasteiger partial charge in [0.1, 0.15) is 0 Å². The molecule has 0 aliphatic carbocycles. The molecule has 1 rings (SSSR count). The minimum atomic E-state index is -0.0683. The minimum absolute atomic E-state index is 0.0683. The predicted molar refractivity (Wildman–Crippen MR) is 60.7 cm³/mol. The number of nitrogens with zero attached hydrogens (tertiary/aromatic N) is 1. The van der Waals surface area contributed by atoms with Crippen molar-refractivity contribution in [3.05, 3.63) is 0 Å². The summed E-state index contributed by atoms with van der Waals surface area (Å²) in [6, 6.07) is 0.659. The van der Waals surface area contributed by atoms with E-state index in [0.717, 1.165) is 12.3 Å². The van der Waals surface area contributed by atoms with Crippen molar-refractivity contribution in [2.45, 2.75) is 45.6 Å². The van der Waals surface area contributed by atoms with Gasteiger partial charge in [0.2, 0.25) is 0 Å². The fourth-order valence-corrected chi connectivity index (χ4v) is 2.18. The smallest absolute Gasteiger partial charge is 0.305 e. The Balaban J connectivity index is 2.17. The van der Waals surface area contributed by atoms with Crippen LogP contribution in [-0.2, 0) is 9.53 Å². The number of piperidine rings is 1. The molecule has 1 fully saturated rings. The Morgan fingerprint density at radius 2 is 2.00 bits per heavy atom. The zero-order valence-electron chi connectivity index (χ0n) is 10.2. The van der Waals surface area contributed by atoms with Crippen LogP contribution in [-0.4, -0.2) is 37.1 Å². The molecule has 0 atom stereocenters. The average molecular weight is 213 g/mol. The van der Waals surface area contributed by atoms with Crippen LogP contribution in [0.3, 0.4) is 0 Å². The average Bonchev–Trinajstić information content (AvgIpc) is 2.26. The molecule has 0 spiro atoms. The molecule has 1 saturated heterocycles. The summed E-state index contributed by atoms with van der Waals surface area (Å²) in [6.45, 7) is 6.86. The Morgan fingerprint density at radius 3 is 2.47 bits per heavy atom. The number of hydrogen-bond donors (Lipinski definition) is 0. The molecule has 3 heteroatoms. The normalized spacial score (nSPS) is 19.5. The molecule has 0 amide bonds. The van der Waals surface area contributed by atoms with Gasteiger partial charge in [-0.05, 0) is 52.1 Å². The minimum Gasteiger partial charge on any atom is -0.469 e. The van der Waals surface area contributed by atoms with Gasteiger partial charge in [-0.3, -0.25) is 4.79 Å². The molecule has 0 aromatic rings.